The molecule has 0 radical (unpaired) electrons. The summed E-state index contributed by atoms with van der Waals surface area (Å²) in [4.78, 5) is 24.7. The number of carbonyl (C=O) groups is 2. The number of amides is 1. The lowest BCUT2D eigenvalue weighted by Gasteiger charge is -2.48. The number of allylic oxidation sites excluding steroid dienone is 1. The molecule has 0 aromatic carbocycles. The summed E-state index contributed by atoms with van der Waals surface area (Å²) >= 11 is 3.09. The van der Waals surface area contributed by atoms with Crippen LogP contribution in [0.2, 0.25) is 0 Å². The molecule has 19 heavy (non-hydrogen) atoms. The highest BCUT2D eigenvalue weighted by atomic mass is 79.9. The third-order valence-corrected chi connectivity index (χ3v) is 6.60. The fourth-order valence-corrected chi connectivity index (χ4v) is 5.69. The van der Waals surface area contributed by atoms with Gasteiger partial charge in [0, 0.05) is 5.41 Å². The maximum absolute atomic E-state index is 12.4. The molecule has 0 aromatic rings. The first-order valence-corrected chi connectivity index (χ1v) is 8.55. The molecule has 2 rings (SSSR count). The predicted octanol–water partition coefficient (Wildman–Crippen LogP) is 1.24. The molecule has 2 heterocycles. The molecule has 1 amide bonds. The average molecular weight is 350 g/mol. The number of hydrogen-bond donors (Lipinski definition) is 0. The Morgan fingerprint density at radius 3 is 2.37 bits per heavy atom. The molecule has 7 heteroatoms. The van der Waals surface area contributed by atoms with E-state index >= 15 is 0 Å². The quantitative estimate of drug-likeness (QED) is 0.527. The molecule has 0 bridgehead atoms. The third-order valence-electron chi connectivity index (χ3n) is 3.31. The molecule has 2 aliphatic rings. The number of rotatable bonds is 1. The number of carbonyl (C=O) groups excluding carboxylic acids is 2. The van der Waals surface area contributed by atoms with Crippen LogP contribution in [0.25, 0.3) is 0 Å². The second-order valence-electron chi connectivity index (χ2n) is 6.02. The second-order valence-corrected chi connectivity index (χ2v) is 9.10. The van der Waals surface area contributed by atoms with Crippen LogP contribution in [-0.2, 0) is 19.4 Å². The Morgan fingerprint density at radius 2 is 1.89 bits per heavy atom. The predicted molar refractivity (Wildman–Crippen MR) is 74.3 cm³/mol. The van der Waals surface area contributed by atoms with Gasteiger partial charge in [0.1, 0.15) is 4.83 Å². The normalized spacial score (nSPS) is 29.9. The van der Waals surface area contributed by atoms with E-state index < -0.39 is 25.5 Å². The van der Waals surface area contributed by atoms with Crippen LogP contribution in [0.3, 0.4) is 0 Å². The van der Waals surface area contributed by atoms with Gasteiger partial charge < -0.3 is 0 Å². The van der Waals surface area contributed by atoms with Crippen LogP contribution in [0.1, 0.15) is 27.7 Å². The minimum absolute atomic E-state index is 0.166. The summed E-state index contributed by atoms with van der Waals surface area (Å²) in [7, 11) is -3.42. The lowest BCUT2D eigenvalue weighted by molar-refractivity contribution is -0.141. The molecule has 2 atom stereocenters. The van der Waals surface area contributed by atoms with Gasteiger partial charge in [0.2, 0.25) is 5.91 Å². The third kappa shape index (κ3) is 2.07. The first-order valence-electron chi connectivity index (χ1n) is 5.92. The largest absolute Gasteiger partial charge is 0.292 e. The van der Waals surface area contributed by atoms with Crippen molar-refractivity contribution in [2.75, 3.05) is 5.75 Å². The van der Waals surface area contributed by atoms with E-state index in [0.29, 0.717) is 5.57 Å². The van der Waals surface area contributed by atoms with E-state index in [1.165, 1.54) is 0 Å². The second kappa shape index (κ2) is 4.15. The zero-order chi connectivity index (χ0) is 14.7. The van der Waals surface area contributed by atoms with E-state index in [0.717, 1.165) is 4.90 Å². The zero-order valence-corrected chi connectivity index (χ0v) is 13.6. The lowest BCUT2D eigenvalue weighted by atomic mass is 9.86. The van der Waals surface area contributed by atoms with Gasteiger partial charge in [-0.2, -0.15) is 0 Å². The number of nitrogens with zero attached hydrogens (tertiary/aromatic N) is 1. The van der Waals surface area contributed by atoms with Gasteiger partial charge in [-0.1, -0.05) is 36.7 Å². The first kappa shape index (κ1) is 14.7. The summed E-state index contributed by atoms with van der Waals surface area (Å²) in [5, 5.41) is -0.940. The minimum atomic E-state index is -3.42. The smallest absolute Gasteiger partial charge is 0.245 e. The molecule has 1 saturated heterocycles. The summed E-state index contributed by atoms with van der Waals surface area (Å²) < 4.78 is 24.1. The Bertz CT molecular complexity index is 600. The average Bonchev–Trinajstić information content (AvgIpc) is 2.24. The van der Waals surface area contributed by atoms with Crippen molar-refractivity contribution < 1.29 is 18.0 Å². The fourth-order valence-electron chi connectivity index (χ4n) is 2.33. The van der Waals surface area contributed by atoms with Gasteiger partial charge in [0.25, 0.3) is 0 Å². The molecular formula is C12H16BrNO4S. The van der Waals surface area contributed by atoms with Crippen LogP contribution in [0.5, 0.6) is 0 Å². The molecule has 0 N–H and O–H groups in total. The van der Waals surface area contributed by atoms with Gasteiger partial charge in [0.05, 0.1) is 11.4 Å². The van der Waals surface area contributed by atoms with Gasteiger partial charge in [-0.15, -0.1) is 0 Å². The number of Topliss-reactive ketones (excluding diaryl/α,β-unsaturated/α-hetero) is 1. The molecule has 5 nitrogen and oxygen atoms in total. The SMILES string of the molecule is CC1=C(C(=O)C(C)(C)C)N2C(=O)C(Br)[C@H]2S(=O)(=O)C1. The van der Waals surface area contributed by atoms with Crippen LogP contribution in [0.15, 0.2) is 11.3 Å². The van der Waals surface area contributed by atoms with E-state index in [9.17, 15) is 18.0 Å². The minimum Gasteiger partial charge on any atom is -0.292 e. The molecular weight excluding hydrogens is 334 g/mol. The highest BCUT2D eigenvalue weighted by Crippen LogP contribution is 2.41. The molecule has 0 aliphatic carbocycles. The molecule has 0 saturated carbocycles. The standard InChI is InChI=1S/C12H16BrNO4S/c1-6-5-19(17,18)11-7(13)10(16)14(11)8(6)9(15)12(2,3)4/h7,11H,5H2,1-4H3/t7?,11-/m1/s1. The van der Waals surface area contributed by atoms with Crippen molar-refractivity contribution in [3.05, 3.63) is 11.3 Å². The number of sulfone groups is 1. The van der Waals surface area contributed by atoms with Crippen LogP contribution in [-0.4, -0.2) is 41.0 Å². The maximum atomic E-state index is 12.4. The maximum Gasteiger partial charge on any atom is 0.245 e. The van der Waals surface area contributed by atoms with Crippen LogP contribution < -0.4 is 0 Å². The fraction of sp³-hybridized carbons (Fsp3) is 0.667. The van der Waals surface area contributed by atoms with Crippen LogP contribution in [0, 0.1) is 5.41 Å². The molecule has 1 unspecified atom stereocenters. The van der Waals surface area contributed by atoms with Crippen molar-refractivity contribution in [2.24, 2.45) is 5.41 Å². The molecule has 106 valence electrons. The molecule has 0 spiro atoms. The highest BCUT2D eigenvalue weighted by molar-refractivity contribution is 9.10. The van der Waals surface area contributed by atoms with E-state index in [4.69, 9.17) is 0 Å². The summed E-state index contributed by atoms with van der Waals surface area (Å²) in [6.45, 7) is 6.86. The Morgan fingerprint density at radius 1 is 1.37 bits per heavy atom. The van der Waals surface area contributed by atoms with E-state index in [1.807, 2.05) is 0 Å². The van der Waals surface area contributed by atoms with Crippen LogP contribution in [0.4, 0.5) is 0 Å². The summed E-state index contributed by atoms with van der Waals surface area (Å²) in [6.07, 6.45) is 0. The molecule has 0 aromatic heterocycles. The monoisotopic (exact) mass is 349 g/mol. The Labute approximate surface area is 121 Å². The van der Waals surface area contributed by atoms with E-state index in [2.05, 4.69) is 15.9 Å². The zero-order valence-electron chi connectivity index (χ0n) is 11.2. The summed E-state index contributed by atoms with van der Waals surface area (Å²) in [5.74, 6) is -0.723. The van der Waals surface area contributed by atoms with Crippen molar-refractivity contribution in [1.29, 1.82) is 0 Å². The topological polar surface area (TPSA) is 71.5 Å². The molecule has 1 fully saturated rings. The van der Waals surface area contributed by atoms with E-state index in [-0.39, 0.29) is 23.1 Å². The highest BCUT2D eigenvalue weighted by Gasteiger charge is 2.58. The van der Waals surface area contributed by atoms with Crippen molar-refractivity contribution in [1.82, 2.24) is 4.90 Å². The van der Waals surface area contributed by atoms with Crippen LogP contribution >= 0.6 is 15.9 Å². The number of fused-ring (bicyclic) bond motifs is 1. The van der Waals surface area contributed by atoms with Gasteiger partial charge in [-0.3, -0.25) is 14.5 Å². The van der Waals surface area contributed by atoms with Gasteiger partial charge in [0.15, 0.2) is 21.0 Å². The van der Waals surface area contributed by atoms with Crippen molar-refractivity contribution in [3.8, 4) is 0 Å². The Kier molecular flexibility index (Phi) is 3.21. The van der Waals surface area contributed by atoms with Crippen molar-refractivity contribution in [2.45, 2.75) is 37.9 Å². The number of halogens is 1. The number of hydrogen-bond acceptors (Lipinski definition) is 4. The molecule has 2 aliphatic heterocycles. The lowest BCUT2D eigenvalue weighted by Crippen LogP contribution is -2.68. The summed E-state index contributed by atoms with van der Waals surface area (Å²) in [6, 6.07) is 0. The van der Waals surface area contributed by atoms with Crippen molar-refractivity contribution >= 4 is 37.5 Å². The Hall–Kier alpha value is -0.690. The number of alkyl halides is 1. The van der Waals surface area contributed by atoms with Crippen molar-refractivity contribution in [3.63, 3.8) is 0 Å². The van der Waals surface area contributed by atoms with Gasteiger partial charge in [-0.25, -0.2) is 8.42 Å². The Balaban J connectivity index is 2.55. The van der Waals surface area contributed by atoms with Gasteiger partial charge >= 0.3 is 0 Å². The first-order chi connectivity index (χ1) is 8.48. The number of β-lactam (4-membered cyclic amide) rings is 1. The van der Waals surface area contributed by atoms with E-state index in [1.54, 1.807) is 27.7 Å². The van der Waals surface area contributed by atoms with Gasteiger partial charge in [-0.05, 0) is 12.5 Å². The number of ketones is 1. The summed E-state index contributed by atoms with van der Waals surface area (Å²) in [5.41, 5.74) is 0.0527.